The van der Waals surface area contributed by atoms with Gasteiger partial charge in [0.2, 0.25) is 0 Å². The van der Waals surface area contributed by atoms with Gasteiger partial charge < -0.3 is 10.6 Å². The van der Waals surface area contributed by atoms with Crippen molar-refractivity contribution in [3.05, 3.63) is 46.3 Å². The molecule has 0 fully saturated rings. The van der Waals surface area contributed by atoms with E-state index in [0.717, 1.165) is 17.4 Å². The monoisotopic (exact) mass is 376 g/mol. The zero-order valence-corrected chi connectivity index (χ0v) is 15.0. The van der Waals surface area contributed by atoms with Crippen molar-refractivity contribution in [2.45, 2.75) is 33.1 Å². The van der Waals surface area contributed by atoms with Crippen LogP contribution in [-0.2, 0) is 0 Å². The molecule has 1 amide bonds. The van der Waals surface area contributed by atoms with E-state index in [4.69, 9.17) is 0 Å². The van der Waals surface area contributed by atoms with Crippen molar-refractivity contribution in [1.82, 2.24) is 9.97 Å². The molecule has 2 N–H and O–H groups in total. The Morgan fingerprint density at radius 3 is 2.74 bits per heavy atom. The molecular formula is C17H21BrN4O. The van der Waals surface area contributed by atoms with E-state index in [-0.39, 0.29) is 5.91 Å². The highest BCUT2D eigenvalue weighted by Gasteiger charge is 2.12. The van der Waals surface area contributed by atoms with E-state index in [1.165, 1.54) is 12.8 Å². The third kappa shape index (κ3) is 5.32. The van der Waals surface area contributed by atoms with Gasteiger partial charge in [-0.3, -0.25) is 4.79 Å². The molecule has 0 saturated carbocycles. The Labute approximate surface area is 145 Å². The number of nitrogens with one attached hydrogen (secondary N) is 2. The number of hydrogen-bond donors (Lipinski definition) is 2. The topological polar surface area (TPSA) is 66.9 Å². The Morgan fingerprint density at radius 1 is 1.22 bits per heavy atom. The van der Waals surface area contributed by atoms with Gasteiger partial charge in [-0.1, -0.05) is 31.9 Å². The molecule has 0 aliphatic carbocycles. The standard InChI is InChI=1S/C17H21BrN4O/c1-3-4-7-10-19-16-11-15(20-12(2)21-16)17(23)22-14-9-6-5-8-13(14)18/h5-6,8-9,11H,3-4,7,10H2,1-2H3,(H,22,23)(H,19,20,21). The minimum Gasteiger partial charge on any atom is -0.370 e. The number of aromatic nitrogens is 2. The highest BCUT2D eigenvalue weighted by Crippen LogP contribution is 2.22. The van der Waals surface area contributed by atoms with E-state index < -0.39 is 0 Å². The second-order valence-electron chi connectivity index (χ2n) is 5.25. The third-order valence-electron chi connectivity index (χ3n) is 3.28. The summed E-state index contributed by atoms with van der Waals surface area (Å²) >= 11 is 3.42. The summed E-state index contributed by atoms with van der Waals surface area (Å²) in [5.74, 6) is 1.01. The Bertz CT molecular complexity index is 675. The van der Waals surface area contributed by atoms with Crippen LogP contribution in [0, 0.1) is 6.92 Å². The fourth-order valence-corrected chi connectivity index (χ4v) is 2.50. The fourth-order valence-electron chi connectivity index (χ4n) is 2.11. The molecule has 0 atom stereocenters. The lowest BCUT2D eigenvalue weighted by atomic mass is 10.2. The minimum absolute atomic E-state index is 0.251. The van der Waals surface area contributed by atoms with Crippen LogP contribution >= 0.6 is 15.9 Å². The number of benzene rings is 1. The molecule has 23 heavy (non-hydrogen) atoms. The number of anilines is 2. The number of rotatable bonds is 7. The Kier molecular flexibility index (Phi) is 6.52. The van der Waals surface area contributed by atoms with Gasteiger partial charge in [0.25, 0.3) is 5.91 Å². The smallest absolute Gasteiger partial charge is 0.274 e. The van der Waals surface area contributed by atoms with Gasteiger partial charge in [-0.05, 0) is 41.4 Å². The van der Waals surface area contributed by atoms with Gasteiger partial charge in [0.1, 0.15) is 17.3 Å². The van der Waals surface area contributed by atoms with E-state index in [2.05, 4.69) is 43.5 Å². The molecule has 0 spiro atoms. The molecular weight excluding hydrogens is 356 g/mol. The Morgan fingerprint density at radius 2 is 2.00 bits per heavy atom. The van der Waals surface area contributed by atoms with Gasteiger partial charge in [-0.2, -0.15) is 0 Å². The first-order chi connectivity index (χ1) is 11.1. The summed E-state index contributed by atoms with van der Waals surface area (Å²) in [5, 5.41) is 6.10. The van der Waals surface area contributed by atoms with E-state index >= 15 is 0 Å². The molecule has 0 aliphatic heterocycles. The highest BCUT2D eigenvalue weighted by molar-refractivity contribution is 9.10. The minimum atomic E-state index is -0.251. The fraction of sp³-hybridized carbons (Fsp3) is 0.353. The second kappa shape index (κ2) is 8.62. The lowest BCUT2D eigenvalue weighted by molar-refractivity contribution is 0.102. The first-order valence-electron chi connectivity index (χ1n) is 7.75. The molecule has 122 valence electrons. The van der Waals surface area contributed by atoms with Crippen molar-refractivity contribution >= 4 is 33.3 Å². The first kappa shape index (κ1) is 17.4. The third-order valence-corrected chi connectivity index (χ3v) is 3.97. The van der Waals surface area contributed by atoms with Gasteiger partial charge in [0.15, 0.2) is 0 Å². The van der Waals surface area contributed by atoms with Crippen LogP contribution in [0.3, 0.4) is 0 Å². The van der Waals surface area contributed by atoms with Crippen LogP contribution in [0.2, 0.25) is 0 Å². The molecule has 1 aromatic carbocycles. The normalized spacial score (nSPS) is 10.4. The van der Waals surface area contributed by atoms with Crippen molar-refractivity contribution in [2.75, 3.05) is 17.2 Å². The van der Waals surface area contributed by atoms with Crippen LogP contribution in [0.1, 0.15) is 42.5 Å². The number of unbranched alkanes of at least 4 members (excludes halogenated alkanes) is 2. The number of amides is 1. The average molecular weight is 377 g/mol. The lowest BCUT2D eigenvalue weighted by Crippen LogP contribution is -2.16. The van der Waals surface area contributed by atoms with Gasteiger partial charge in [0, 0.05) is 17.1 Å². The number of carbonyl (C=O) groups is 1. The predicted octanol–water partition coefficient (Wildman–Crippen LogP) is 4.40. The summed E-state index contributed by atoms with van der Waals surface area (Å²) in [6, 6.07) is 9.16. The van der Waals surface area contributed by atoms with Crippen LogP contribution in [0.25, 0.3) is 0 Å². The zero-order valence-electron chi connectivity index (χ0n) is 13.4. The van der Waals surface area contributed by atoms with Crippen molar-refractivity contribution in [1.29, 1.82) is 0 Å². The summed E-state index contributed by atoms with van der Waals surface area (Å²) < 4.78 is 0.831. The molecule has 0 aliphatic rings. The first-order valence-corrected chi connectivity index (χ1v) is 8.55. The van der Waals surface area contributed by atoms with Crippen LogP contribution in [-0.4, -0.2) is 22.4 Å². The Hall–Kier alpha value is -1.95. The molecule has 1 heterocycles. The number of nitrogens with zero attached hydrogens (tertiary/aromatic N) is 2. The van der Waals surface area contributed by atoms with Crippen LogP contribution in [0.15, 0.2) is 34.8 Å². The quantitative estimate of drug-likeness (QED) is 0.702. The molecule has 2 rings (SSSR count). The van der Waals surface area contributed by atoms with E-state index in [9.17, 15) is 4.79 Å². The predicted molar refractivity (Wildman–Crippen MR) is 96.9 cm³/mol. The molecule has 1 aromatic heterocycles. The number of carbonyl (C=O) groups excluding carboxylic acids is 1. The van der Waals surface area contributed by atoms with Crippen LogP contribution in [0.5, 0.6) is 0 Å². The van der Waals surface area contributed by atoms with Gasteiger partial charge >= 0.3 is 0 Å². The van der Waals surface area contributed by atoms with E-state index in [1.807, 2.05) is 24.3 Å². The largest absolute Gasteiger partial charge is 0.370 e. The highest BCUT2D eigenvalue weighted by atomic mass is 79.9. The maximum atomic E-state index is 12.4. The SMILES string of the molecule is CCCCCNc1cc(C(=O)Nc2ccccc2Br)nc(C)n1. The summed E-state index contributed by atoms with van der Waals surface area (Å²) in [7, 11) is 0. The molecule has 0 saturated heterocycles. The number of para-hydroxylation sites is 1. The summed E-state index contributed by atoms with van der Waals surface area (Å²) in [6.45, 7) is 4.79. The van der Waals surface area contributed by atoms with Gasteiger partial charge in [0.05, 0.1) is 5.69 Å². The molecule has 0 unspecified atom stereocenters. The Balaban J connectivity index is 2.08. The summed E-state index contributed by atoms with van der Waals surface area (Å²) in [4.78, 5) is 20.9. The number of hydrogen-bond acceptors (Lipinski definition) is 4. The van der Waals surface area contributed by atoms with Gasteiger partial charge in [-0.15, -0.1) is 0 Å². The zero-order chi connectivity index (χ0) is 16.7. The maximum absolute atomic E-state index is 12.4. The number of halogens is 1. The summed E-state index contributed by atoms with van der Waals surface area (Å²) in [5.41, 5.74) is 1.07. The maximum Gasteiger partial charge on any atom is 0.274 e. The second-order valence-corrected chi connectivity index (χ2v) is 6.11. The van der Waals surface area contributed by atoms with Crippen molar-refractivity contribution in [3.63, 3.8) is 0 Å². The van der Waals surface area contributed by atoms with E-state index in [1.54, 1.807) is 13.0 Å². The average Bonchev–Trinajstić information content (AvgIpc) is 2.53. The molecule has 2 aromatic rings. The van der Waals surface area contributed by atoms with E-state index in [0.29, 0.717) is 23.0 Å². The van der Waals surface area contributed by atoms with Crippen LogP contribution < -0.4 is 10.6 Å². The molecule has 5 nitrogen and oxygen atoms in total. The van der Waals surface area contributed by atoms with Crippen LogP contribution in [0.4, 0.5) is 11.5 Å². The van der Waals surface area contributed by atoms with Crippen molar-refractivity contribution in [3.8, 4) is 0 Å². The van der Waals surface area contributed by atoms with Crippen molar-refractivity contribution in [2.24, 2.45) is 0 Å². The molecule has 0 bridgehead atoms. The van der Waals surface area contributed by atoms with Crippen molar-refractivity contribution < 1.29 is 4.79 Å². The summed E-state index contributed by atoms with van der Waals surface area (Å²) in [6.07, 6.45) is 3.43. The lowest BCUT2D eigenvalue weighted by Gasteiger charge is -2.10. The molecule has 6 heteroatoms. The number of aryl methyl sites for hydroxylation is 1. The van der Waals surface area contributed by atoms with Gasteiger partial charge in [-0.25, -0.2) is 9.97 Å². The molecule has 0 radical (unpaired) electrons.